The summed E-state index contributed by atoms with van der Waals surface area (Å²) in [5.41, 5.74) is 0. The van der Waals surface area contributed by atoms with E-state index >= 15 is 0 Å². The third-order valence-corrected chi connectivity index (χ3v) is 15.4. The van der Waals surface area contributed by atoms with Crippen LogP contribution in [0.1, 0.15) is 322 Å². The van der Waals surface area contributed by atoms with Crippen molar-refractivity contribution in [2.75, 3.05) is 13.2 Å². The molecule has 9 heteroatoms. The highest BCUT2D eigenvalue weighted by Crippen LogP contribution is 2.23. The second-order valence-corrected chi connectivity index (χ2v) is 22.2. The Kier molecular flexibility index (Phi) is 50.1. The van der Waals surface area contributed by atoms with Gasteiger partial charge >= 0.3 is 0 Å². The second kappa shape index (κ2) is 52.4. The molecule has 1 heterocycles. The number of rotatable bonds is 55. The second-order valence-electron chi connectivity index (χ2n) is 22.2. The van der Waals surface area contributed by atoms with Gasteiger partial charge in [-0.05, 0) is 19.3 Å². The van der Waals surface area contributed by atoms with E-state index in [1.165, 1.54) is 263 Å². The van der Waals surface area contributed by atoms with Crippen LogP contribution in [0, 0.1) is 0 Å². The first-order valence-corrected chi connectivity index (χ1v) is 31.4. The van der Waals surface area contributed by atoms with Gasteiger partial charge in [0.2, 0.25) is 5.91 Å². The van der Waals surface area contributed by atoms with Crippen LogP contribution < -0.4 is 5.32 Å². The average molecular weight is 1010 g/mol. The van der Waals surface area contributed by atoms with E-state index in [0.717, 1.165) is 38.5 Å². The Hall–Kier alpha value is -1.07. The normalized spacial score (nSPS) is 19.2. The number of unbranched alkanes of at least 4 members (excludes halogenated alkanes) is 45. The zero-order chi connectivity index (χ0) is 51.5. The van der Waals surface area contributed by atoms with Crippen molar-refractivity contribution >= 4 is 5.91 Å². The minimum atomic E-state index is -1.56. The van der Waals surface area contributed by atoms with Gasteiger partial charge in [0.1, 0.15) is 24.4 Å². The summed E-state index contributed by atoms with van der Waals surface area (Å²) in [6.07, 6.45) is 58.8. The zero-order valence-electron chi connectivity index (χ0n) is 47.0. The predicted molar refractivity (Wildman–Crippen MR) is 300 cm³/mol. The molecule has 1 fully saturated rings. The summed E-state index contributed by atoms with van der Waals surface area (Å²) >= 11 is 0. The topological polar surface area (TPSA) is 149 Å². The van der Waals surface area contributed by atoms with E-state index in [0.29, 0.717) is 6.42 Å². The molecule has 1 amide bonds. The molecular weight excluding hydrogens is 887 g/mol. The van der Waals surface area contributed by atoms with Crippen LogP contribution in [-0.4, -0.2) is 87.5 Å². The SMILES string of the molecule is CCCCCCCCCCCCCCC/C=C/[C@@H](O)[C@H](CO[C@@H]1O[C@H](CO)[C@H](O)C(O)C1O)NC(=O)CCCCCCCCCCCCCCCCCCCCCCCCCCCCCCCCCCC. The smallest absolute Gasteiger partial charge is 0.220 e. The van der Waals surface area contributed by atoms with Gasteiger partial charge in [-0.2, -0.15) is 0 Å². The van der Waals surface area contributed by atoms with Gasteiger partial charge in [0.25, 0.3) is 0 Å². The summed E-state index contributed by atoms with van der Waals surface area (Å²) < 4.78 is 11.3. The van der Waals surface area contributed by atoms with Crippen molar-refractivity contribution in [1.82, 2.24) is 5.32 Å². The lowest BCUT2D eigenvalue weighted by Crippen LogP contribution is -2.60. The van der Waals surface area contributed by atoms with Gasteiger partial charge in [0, 0.05) is 6.42 Å². The van der Waals surface area contributed by atoms with Crippen molar-refractivity contribution < 1.29 is 39.8 Å². The molecule has 0 aromatic heterocycles. The number of carbonyl (C=O) groups excluding carboxylic acids is 1. The monoisotopic (exact) mass is 1010 g/mol. The highest BCUT2D eigenvalue weighted by atomic mass is 16.7. The molecule has 2 unspecified atom stereocenters. The number of hydrogen-bond acceptors (Lipinski definition) is 8. The lowest BCUT2D eigenvalue weighted by molar-refractivity contribution is -0.302. The van der Waals surface area contributed by atoms with Crippen molar-refractivity contribution in [3.63, 3.8) is 0 Å². The van der Waals surface area contributed by atoms with E-state index in [9.17, 15) is 30.3 Å². The fourth-order valence-corrected chi connectivity index (χ4v) is 10.4. The minimum absolute atomic E-state index is 0.169. The number of amides is 1. The molecule has 7 atom stereocenters. The summed E-state index contributed by atoms with van der Waals surface area (Å²) in [6.45, 7) is 3.82. The molecule has 1 rings (SSSR count). The maximum atomic E-state index is 13.1. The zero-order valence-corrected chi connectivity index (χ0v) is 47.0. The number of hydrogen-bond donors (Lipinski definition) is 6. The molecule has 422 valence electrons. The van der Waals surface area contributed by atoms with Gasteiger partial charge in [-0.3, -0.25) is 4.79 Å². The Bertz CT molecular complexity index is 1120. The number of nitrogens with one attached hydrogen (secondary N) is 1. The summed E-state index contributed by atoms with van der Waals surface area (Å²) in [6, 6.07) is -0.800. The summed E-state index contributed by atoms with van der Waals surface area (Å²) in [4.78, 5) is 13.1. The molecule has 0 bridgehead atoms. The van der Waals surface area contributed by atoms with E-state index < -0.39 is 49.5 Å². The highest BCUT2D eigenvalue weighted by Gasteiger charge is 2.44. The maximum absolute atomic E-state index is 13.1. The molecule has 1 aliphatic rings. The van der Waals surface area contributed by atoms with Gasteiger partial charge < -0.3 is 40.3 Å². The molecule has 1 saturated heterocycles. The van der Waals surface area contributed by atoms with Crippen LogP contribution in [0.25, 0.3) is 0 Å². The lowest BCUT2D eigenvalue weighted by Gasteiger charge is -2.40. The van der Waals surface area contributed by atoms with Crippen LogP contribution in [0.4, 0.5) is 0 Å². The Balaban J connectivity index is 2.09. The van der Waals surface area contributed by atoms with Gasteiger partial charge in [-0.25, -0.2) is 0 Å². The third-order valence-electron chi connectivity index (χ3n) is 15.4. The number of ether oxygens (including phenoxy) is 2. The van der Waals surface area contributed by atoms with Crippen LogP contribution in [-0.2, 0) is 14.3 Å². The summed E-state index contributed by atoms with van der Waals surface area (Å²) in [5, 5.41) is 54.5. The van der Waals surface area contributed by atoms with E-state index in [2.05, 4.69) is 19.2 Å². The number of aliphatic hydroxyl groups excluding tert-OH is 5. The van der Waals surface area contributed by atoms with Crippen molar-refractivity contribution in [1.29, 1.82) is 0 Å². The van der Waals surface area contributed by atoms with Crippen molar-refractivity contribution in [2.24, 2.45) is 0 Å². The number of aliphatic hydroxyl groups is 5. The van der Waals surface area contributed by atoms with Gasteiger partial charge in [0.15, 0.2) is 6.29 Å². The average Bonchev–Trinajstić information content (AvgIpc) is 3.37. The molecule has 9 nitrogen and oxygen atoms in total. The van der Waals surface area contributed by atoms with Crippen LogP contribution in [0.5, 0.6) is 0 Å². The van der Waals surface area contributed by atoms with Crippen molar-refractivity contribution in [3.05, 3.63) is 12.2 Å². The molecule has 71 heavy (non-hydrogen) atoms. The van der Waals surface area contributed by atoms with E-state index in [1.54, 1.807) is 6.08 Å². The molecular formula is C62H121NO8. The number of allylic oxidation sites excluding steroid dienone is 1. The molecule has 0 spiro atoms. The lowest BCUT2D eigenvalue weighted by atomic mass is 9.99. The van der Waals surface area contributed by atoms with Gasteiger partial charge in [-0.1, -0.05) is 309 Å². The van der Waals surface area contributed by atoms with E-state index in [1.807, 2.05) is 6.08 Å². The van der Waals surface area contributed by atoms with Crippen LogP contribution in [0.3, 0.4) is 0 Å². The minimum Gasteiger partial charge on any atom is -0.394 e. The first kappa shape index (κ1) is 67.9. The standard InChI is InChI=1S/C62H121NO8/c1-3-5-7-9-11-13-15-17-19-20-21-22-23-24-25-26-27-28-29-30-31-32-33-34-35-36-38-40-42-44-46-48-50-52-58(66)63-55(54-70-62-61(69)60(68)59(67)57(53-64)71-62)56(65)51-49-47-45-43-41-39-37-18-16-14-12-10-8-6-4-2/h49,51,55-57,59-62,64-65,67-69H,3-48,50,52-54H2,1-2H3,(H,63,66)/b51-49+/t55-,56+,57+,59-,60?,61?,62+/m0/s1. The summed E-state index contributed by atoms with van der Waals surface area (Å²) in [5.74, 6) is -0.169. The van der Waals surface area contributed by atoms with Gasteiger partial charge in [0.05, 0.1) is 25.4 Å². The predicted octanol–water partition coefficient (Wildman–Crippen LogP) is 16.0. The Morgan fingerprint density at radius 3 is 1.10 bits per heavy atom. The summed E-state index contributed by atoms with van der Waals surface area (Å²) in [7, 11) is 0. The molecule has 1 aliphatic heterocycles. The van der Waals surface area contributed by atoms with Crippen LogP contribution >= 0.6 is 0 Å². The first-order chi connectivity index (χ1) is 34.8. The molecule has 0 saturated carbocycles. The van der Waals surface area contributed by atoms with E-state index in [-0.39, 0.29) is 12.5 Å². The fourth-order valence-electron chi connectivity index (χ4n) is 10.4. The van der Waals surface area contributed by atoms with Crippen LogP contribution in [0.15, 0.2) is 12.2 Å². The number of carbonyl (C=O) groups is 1. The Labute approximate surface area is 439 Å². The van der Waals surface area contributed by atoms with Crippen LogP contribution in [0.2, 0.25) is 0 Å². The Morgan fingerprint density at radius 2 is 0.775 bits per heavy atom. The van der Waals surface area contributed by atoms with Crippen molar-refractivity contribution in [2.45, 2.75) is 365 Å². The fraction of sp³-hybridized carbons (Fsp3) is 0.952. The highest BCUT2D eigenvalue weighted by molar-refractivity contribution is 5.76. The van der Waals surface area contributed by atoms with E-state index in [4.69, 9.17) is 9.47 Å². The van der Waals surface area contributed by atoms with Crippen molar-refractivity contribution in [3.8, 4) is 0 Å². The molecule has 0 aromatic carbocycles. The van der Waals surface area contributed by atoms with Gasteiger partial charge in [-0.15, -0.1) is 0 Å². The maximum Gasteiger partial charge on any atom is 0.220 e. The quantitative estimate of drug-likeness (QED) is 0.0261. The molecule has 0 aliphatic carbocycles. The molecule has 0 radical (unpaired) electrons. The molecule has 0 aromatic rings. The Morgan fingerprint density at radius 1 is 0.465 bits per heavy atom. The molecule has 6 N–H and O–H groups in total. The largest absolute Gasteiger partial charge is 0.394 e. The first-order valence-electron chi connectivity index (χ1n) is 31.4. The third kappa shape index (κ3) is 41.8.